The largest absolute Gasteiger partial charge is 0.390 e. The molecule has 0 aromatic heterocycles. The normalized spacial score (nSPS) is 20.3. The number of nitrogens with zero attached hydrogens (tertiary/aromatic N) is 2. The van der Waals surface area contributed by atoms with Crippen LogP contribution in [0.5, 0.6) is 0 Å². The Labute approximate surface area is 151 Å². The average Bonchev–Trinajstić information content (AvgIpc) is 2.99. The van der Waals surface area contributed by atoms with Crippen molar-refractivity contribution in [3.8, 4) is 11.1 Å². The first-order valence-electron chi connectivity index (χ1n) is 8.06. The molecule has 0 saturated carbocycles. The van der Waals surface area contributed by atoms with Gasteiger partial charge < -0.3 is 14.9 Å². The minimum absolute atomic E-state index is 0.0513. The molecule has 1 saturated heterocycles. The number of aliphatic hydroxyl groups excluding tert-OH is 1. The predicted molar refractivity (Wildman–Crippen MR) is 96.2 cm³/mol. The zero-order valence-electron chi connectivity index (χ0n) is 14.1. The van der Waals surface area contributed by atoms with E-state index in [4.69, 9.17) is 11.6 Å². The Morgan fingerprint density at radius 3 is 2.36 bits per heavy atom. The van der Waals surface area contributed by atoms with E-state index in [1.54, 1.807) is 29.2 Å². The molecule has 1 N–H and O–H groups in total. The summed E-state index contributed by atoms with van der Waals surface area (Å²) in [6.45, 7) is 0.833. The van der Waals surface area contributed by atoms with Crippen molar-refractivity contribution in [2.24, 2.45) is 0 Å². The molecular formula is C19H20ClFN2O2. The van der Waals surface area contributed by atoms with Crippen molar-refractivity contribution < 1.29 is 14.3 Å². The third-order valence-corrected chi connectivity index (χ3v) is 4.88. The SMILES string of the molecule is CN(C)[C@H]1CN(C(=O)c2ccc(-c3ccc(F)c(Cl)c3)cc2)C[C@@H]1O. The van der Waals surface area contributed by atoms with Crippen LogP contribution in [0.2, 0.25) is 5.02 Å². The number of aliphatic hydroxyl groups is 1. The van der Waals surface area contributed by atoms with Gasteiger partial charge in [-0.2, -0.15) is 0 Å². The average molecular weight is 363 g/mol. The number of likely N-dealkylation sites (N-methyl/N-ethyl adjacent to an activating group) is 1. The highest BCUT2D eigenvalue weighted by Gasteiger charge is 2.35. The highest BCUT2D eigenvalue weighted by molar-refractivity contribution is 6.31. The summed E-state index contributed by atoms with van der Waals surface area (Å²) in [5.74, 6) is -0.563. The van der Waals surface area contributed by atoms with Gasteiger partial charge >= 0.3 is 0 Å². The van der Waals surface area contributed by atoms with Crippen molar-refractivity contribution >= 4 is 17.5 Å². The number of carbonyl (C=O) groups is 1. The second-order valence-electron chi connectivity index (χ2n) is 6.51. The second-order valence-corrected chi connectivity index (χ2v) is 6.92. The maximum atomic E-state index is 13.3. The highest BCUT2D eigenvalue weighted by Crippen LogP contribution is 2.26. The van der Waals surface area contributed by atoms with Crippen LogP contribution in [-0.2, 0) is 0 Å². The van der Waals surface area contributed by atoms with Gasteiger partial charge in [-0.15, -0.1) is 0 Å². The molecule has 6 heteroatoms. The molecule has 2 aromatic rings. The first-order valence-corrected chi connectivity index (χ1v) is 8.44. The number of β-amino-alcohol motifs (C(OH)–C–C–N with tert-alkyl or cyclic N) is 1. The van der Waals surface area contributed by atoms with Crippen LogP contribution in [0.15, 0.2) is 42.5 Å². The van der Waals surface area contributed by atoms with Gasteiger partial charge in [-0.25, -0.2) is 4.39 Å². The molecule has 1 heterocycles. The van der Waals surface area contributed by atoms with Gasteiger partial charge in [0.05, 0.1) is 17.2 Å². The number of benzene rings is 2. The van der Waals surface area contributed by atoms with Crippen LogP contribution in [-0.4, -0.2) is 60.1 Å². The van der Waals surface area contributed by atoms with Crippen LogP contribution in [0.25, 0.3) is 11.1 Å². The number of likely N-dealkylation sites (tertiary alicyclic amines) is 1. The van der Waals surface area contributed by atoms with Crippen molar-refractivity contribution in [2.45, 2.75) is 12.1 Å². The summed E-state index contributed by atoms with van der Waals surface area (Å²) in [5, 5.41) is 10.2. The zero-order chi connectivity index (χ0) is 18.1. The van der Waals surface area contributed by atoms with E-state index in [0.717, 1.165) is 11.1 Å². The number of hydrogen-bond acceptors (Lipinski definition) is 3. The summed E-state index contributed by atoms with van der Waals surface area (Å²) >= 11 is 5.82. The number of halogens is 2. The molecule has 0 unspecified atom stereocenters. The summed E-state index contributed by atoms with van der Waals surface area (Å²) in [5.41, 5.74) is 2.20. The molecule has 2 atom stereocenters. The van der Waals surface area contributed by atoms with Gasteiger partial charge in [-0.1, -0.05) is 29.8 Å². The molecule has 3 rings (SSSR count). The minimum Gasteiger partial charge on any atom is -0.390 e. The Morgan fingerprint density at radius 1 is 1.16 bits per heavy atom. The molecule has 1 amide bonds. The Bertz CT molecular complexity index is 779. The quantitative estimate of drug-likeness (QED) is 0.913. The van der Waals surface area contributed by atoms with Crippen LogP contribution in [0.1, 0.15) is 10.4 Å². The van der Waals surface area contributed by atoms with Crippen LogP contribution >= 0.6 is 11.6 Å². The van der Waals surface area contributed by atoms with E-state index >= 15 is 0 Å². The maximum absolute atomic E-state index is 13.3. The van der Waals surface area contributed by atoms with Crippen LogP contribution < -0.4 is 0 Å². The fourth-order valence-electron chi connectivity index (χ4n) is 3.11. The lowest BCUT2D eigenvalue weighted by Gasteiger charge is -2.21. The lowest BCUT2D eigenvalue weighted by molar-refractivity contribution is 0.0764. The van der Waals surface area contributed by atoms with Crippen LogP contribution in [0.4, 0.5) is 4.39 Å². The van der Waals surface area contributed by atoms with Crippen molar-refractivity contribution in [2.75, 3.05) is 27.2 Å². The number of amides is 1. The highest BCUT2D eigenvalue weighted by atomic mass is 35.5. The third kappa shape index (κ3) is 3.68. The number of carbonyl (C=O) groups excluding carboxylic acids is 1. The van der Waals surface area contributed by atoms with Gasteiger partial charge in [-0.3, -0.25) is 4.79 Å². The second kappa shape index (κ2) is 7.12. The lowest BCUT2D eigenvalue weighted by Crippen LogP contribution is -2.38. The van der Waals surface area contributed by atoms with Gasteiger partial charge in [-0.05, 0) is 49.5 Å². The Balaban J connectivity index is 1.76. The van der Waals surface area contributed by atoms with Gasteiger partial charge in [0.15, 0.2) is 0 Å². The van der Waals surface area contributed by atoms with Crippen LogP contribution in [0, 0.1) is 5.82 Å². The van der Waals surface area contributed by atoms with E-state index in [1.807, 2.05) is 31.1 Å². The van der Waals surface area contributed by atoms with Gasteiger partial charge in [0, 0.05) is 18.7 Å². The summed E-state index contributed by atoms with van der Waals surface area (Å²) in [6, 6.07) is 11.6. The Hall–Kier alpha value is -1.95. The van der Waals surface area contributed by atoms with E-state index in [2.05, 4.69) is 0 Å². The molecule has 1 aliphatic heterocycles. The van der Waals surface area contributed by atoms with Crippen molar-refractivity contribution in [3.63, 3.8) is 0 Å². The zero-order valence-corrected chi connectivity index (χ0v) is 14.9. The topological polar surface area (TPSA) is 43.8 Å². The molecule has 25 heavy (non-hydrogen) atoms. The van der Waals surface area contributed by atoms with Crippen molar-refractivity contribution in [1.82, 2.24) is 9.80 Å². The summed E-state index contributed by atoms with van der Waals surface area (Å²) < 4.78 is 13.3. The van der Waals surface area contributed by atoms with Crippen molar-refractivity contribution in [1.29, 1.82) is 0 Å². The fraction of sp³-hybridized carbons (Fsp3) is 0.316. The van der Waals surface area contributed by atoms with E-state index in [9.17, 15) is 14.3 Å². The van der Waals surface area contributed by atoms with E-state index in [1.165, 1.54) is 6.07 Å². The summed E-state index contributed by atoms with van der Waals surface area (Å²) in [7, 11) is 3.79. The lowest BCUT2D eigenvalue weighted by atomic mass is 10.0. The predicted octanol–water partition coefficient (Wildman–Crippen LogP) is 2.89. The molecule has 1 aliphatic rings. The number of rotatable bonds is 3. The van der Waals surface area contributed by atoms with Crippen LogP contribution in [0.3, 0.4) is 0 Å². The molecule has 2 aromatic carbocycles. The standard InChI is InChI=1S/C19H20ClFN2O2/c1-22(2)17-10-23(11-18(17)24)19(25)13-5-3-12(4-6-13)14-7-8-16(21)15(20)9-14/h3-9,17-18,24H,10-11H2,1-2H3/t17-,18-/m0/s1. The molecule has 1 fully saturated rings. The molecule has 0 bridgehead atoms. The van der Waals surface area contributed by atoms with E-state index in [0.29, 0.717) is 18.7 Å². The van der Waals surface area contributed by atoms with Gasteiger partial charge in [0.1, 0.15) is 5.82 Å². The third-order valence-electron chi connectivity index (χ3n) is 4.59. The summed E-state index contributed by atoms with van der Waals surface area (Å²) in [4.78, 5) is 16.2. The van der Waals surface area contributed by atoms with Gasteiger partial charge in [0.2, 0.25) is 0 Å². The molecule has 0 spiro atoms. The minimum atomic E-state index is -0.542. The monoisotopic (exact) mass is 362 g/mol. The van der Waals surface area contributed by atoms with Crippen molar-refractivity contribution in [3.05, 3.63) is 58.9 Å². The van der Waals surface area contributed by atoms with E-state index in [-0.39, 0.29) is 17.0 Å². The van der Waals surface area contributed by atoms with E-state index < -0.39 is 11.9 Å². The maximum Gasteiger partial charge on any atom is 0.253 e. The smallest absolute Gasteiger partial charge is 0.253 e. The molecule has 0 radical (unpaired) electrons. The molecular weight excluding hydrogens is 343 g/mol. The first kappa shape index (κ1) is 17.9. The van der Waals surface area contributed by atoms with Gasteiger partial charge in [0.25, 0.3) is 5.91 Å². The fourth-order valence-corrected chi connectivity index (χ4v) is 3.29. The first-order chi connectivity index (χ1) is 11.9. The molecule has 4 nitrogen and oxygen atoms in total. The Morgan fingerprint density at radius 2 is 1.80 bits per heavy atom. The molecule has 132 valence electrons. The molecule has 0 aliphatic carbocycles. The Kier molecular flexibility index (Phi) is 5.08. The summed E-state index contributed by atoms with van der Waals surface area (Å²) in [6.07, 6.45) is -0.542. The number of hydrogen-bond donors (Lipinski definition) is 1.